The van der Waals surface area contributed by atoms with Crippen molar-refractivity contribution in [3.8, 4) is 17.2 Å². The molecule has 1 aromatic rings. The summed E-state index contributed by atoms with van der Waals surface area (Å²) < 4.78 is 15.9. The Balaban J connectivity index is 2.19. The number of unbranched alkanes of at least 4 members (excludes halogenated alkanes) is 10. The summed E-state index contributed by atoms with van der Waals surface area (Å²) >= 11 is 0. The largest absolute Gasteiger partial charge is 0.493 e. The minimum Gasteiger partial charge on any atom is -0.493 e. The molecule has 0 unspecified atom stereocenters. The fourth-order valence-electron chi connectivity index (χ4n) is 3.66. The van der Waals surface area contributed by atoms with Gasteiger partial charge in [0.1, 0.15) is 0 Å². The van der Waals surface area contributed by atoms with E-state index in [4.69, 9.17) is 14.2 Å². The van der Waals surface area contributed by atoms with Gasteiger partial charge in [0.15, 0.2) is 11.5 Å². The van der Waals surface area contributed by atoms with Crippen molar-refractivity contribution in [1.82, 2.24) is 10.7 Å². The highest BCUT2D eigenvalue weighted by Gasteiger charge is 2.14. The highest BCUT2D eigenvalue weighted by Crippen LogP contribution is 2.38. The third-order valence-corrected chi connectivity index (χ3v) is 5.58. The van der Waals surface area contributed by atoms with E-state index in [0.717, 1.165) is 19.3 Å². The van der Waals surface area contributed by atoms with Gasteiger partial charge < -0.3 is 19.5 Å². The third kappa shape index (κ3) is 11.9. The van der Waals surface area contributed by atoms with Crippen molar-refractivity contribution in [2.75, 3.05) is 27.9 Å². The quantitative estimate of drug-likeness (QED) is 0.166. The Bertz CT molecular complexity index is 752. The SMILES string of the molecule is CCCCCCCCCCCCCC(=O)NCC(=O)N/N=C\c1ccc(OC)c(OC)c1OC. The Morgan fingerprint density at radius 1 is 0.794 bits per heavy atom. The topological polar surface area (TPSA) is 98.3 Å². The van der Waals surface area contributed by atoms with Gasteiger partial charge in [-0.15, -0.1) is 0 Å². The molecule has 1 aromatic carbocycles. The number of amides is 2. The van der Waals surface area contributed by atoms with Crippen molar-refractivity contribution in [3.63, 3.8) is 0 Å². The number of hydrazone groups is 1. The second kappa shape index (κ2) is 18.6. The maximum atomic E-state index is 12.0. The van der Waals surface area contributed by atoms with E-state index in [9.17, 15) is 9.59 Å². The molecule has 0 radical (unpaired) electrons. The molecular weight excluding hydrogens is 434 g/mol. The highest BCUT2D eigenvalue weighted by molar-refractivity contribution is 5.88. The summed E-state index contributed by atoms with van der Waals surface area (Å²) in [6.45, 7) is 2.13. The van der Waals surface area contributed by atoms with E-state index in [-0.39, 0.29) is 12.5 Å². The molecule has 0 atom stereocenters. The van der Waals surface area contributed by atoms with E-state index in [0.29, 0.717) is 29.2 Å². The monoisotopic (exact) mass is 477 g/mol. The van der Waals surface area contributed by atoms with Crippen molar-refractivity contribution in [3.05, 3.63) is 17.7 Å². The molecule has 0 saturated heterocycles. The Hall–Kier alpha value is -2.77. The Kier molecular flexibility index (Phi) is 16.0. The minimum atomic E-state index is -0.400. The molecule has 0 aliphatic heterocycles. The number of carbonyl (C=O) groups excluding carboxylic acids is 2. The number of benzene rings is 1. The van der Waals surface area contributed by atoms with Gasteiger partial charge in [0.25, 0.3) is 5.91 Å². The molecule has 2 amide bonds. The van der Waals surface area contributed by atoms with Crippen molar-refractivity contribution >= 4 is 18.0 Å². The van der Waals surface area contributed by atoms with Crippen LogP contribution in [0.1, 0.15) is 89.5 Å². The van der Waals surface area contributed by atoms with Gasteiger partial charge in [-0.3, -0.25) is 9.59 Å². The summed E-state index contributed by atoms with van der Waals surface area (Å²) in [5, 5.41) is 6.57. The first-order chi connectivity index (χ1) is 16.6. The van der Waals surface area contributed by atoms with Crippen LogP contribution in [0, 0.1) is 0 Å². The van der Waals surface area contributed by atoms with Crippen molar-refractivity contribution in [1.29, 1.82) is 0 Å². The third-order valence-electron chi connectivity index (χ3n) is 5.58. The first kappa shape index (κ1) is 29.3. The lowest BCUT2D eigenvalue weighted by molar-refractivity contribution is -0.126. The van der Waals surface area contributed by atoms with Gasteiger partial charge in [-0.2, -0.15) is 5.10 Å². The summed E-state index contributed by atoms with van der Waals surface area (Å²) in [4.78, 5) is 23.9. The summed E-state index contributed by atoms with van der Waals surface area (Å²) in [6, 6.07) is 3.46. The van der Waals surface area contributed by atoms with E-state index >= 15 is 0 Å². The molecule has 0 spiro atoms. The van der Waals surface area contributed by atoms with Crippen molar-refractivity contribution < 1.29 is 23.8 Å². The molecule has 2 N–H and O–H groups in total. The number of nitrogens with zero attached hydrogens (tertiary/aromatic N) is 1. The number of ether oxygens (including phenoxy) is 3. The summed E-state index contributed by atoms with van der Waals surface area (Å²) in [5.74, 6) is 0.899. The molecule has 8 nitrogen and oxygen atoms in total. The number of hydrogen-bond donors (Lipinski definition) is 2. The van der Waals surface area contributed by atoms with Crippen molar-refractivity contribution in [2.45, 2.75) is 84.0 Å². The van der Waals surface area contributed by atoms with Crippen LogP contribution >= 0.6 is 0 Å². The number of hydrogen-bond acceptors (Lipinski definition) is 6. The van der Waals surface area contributed by atoms with Crippen LogP contribution in [-0.4, -0.2) is 45.9 Å². The zero-order valence-electron chi connectivity index (χ0n) is 21.4. The van der Waals surface area contributed by atoms with E-state index in [1.54, 1.807) is 12.1 Å². The van der Waals surface area contributed by atoms with Gasteiger partial charge in [-0.1, -0.05) is 71.1 Å². The highest BCUT2D eigenvalue weighted by atomic mass is 16.5. The van der Waals surface area contributed by atoms with Crippen LogP contribution in [0.4, 0.5) is 0 Å². The van der Waals surface area contributed by atoms with Crippen LogP contribution in [0.15, 0.2) is 17.2 Å². The maximum absolute atomic E-state index is 12.0. The van der Waals surface area contributed by atoms with E-state index in [2.05, 4.69) is 22.8 Å². The number of rotatable bonds is 19. The fourth-order valence-corrected chi connectivity index (χ4v) is 3.66. The first-order valence-electron chi connectivity index (χ1n) is 12.4. The molecular formula is C26H43N3O5. The number of methoxy groups -OCH3 is 3. The van der Waals surface area contributed by atoms with Gasteiger partial charge in [0, 0.05) is 12.0 Å². The van der Waals surface area contributed by atoms with Crippen LogP contribution < -0.4 is 25.0 Å². The number of carbonyl (C=O) groups is 2. The molecule has 0 bridgehead atoms. The average Bonchev–Trinajstić information content (AvgIpc) is 2.85. The Morgan fingerprint density at radius 2 is 1.38 bits per heavy atom. The van der Waals surface area contributed by atoms with Crippen molar-refractivity contribution in [2.24, 2.45) is 5.10 Å². The molecule has 0 heterocycles. The second-order valence-electron chi connectivity index (χ2n) is 8.28. The molecule has 0 saturated carbocycles. The molecule has 0 aliphatic carbocycles. The van der Waals surface area contributed by atoms with E-state index < -0.39 is 5.91 Å². The molecule has 34 heavy (non-hydrogen) atoms. The predicted molar refractivity (Wildman–Crippen MR) is 136 cm³/mol. The van der Waals surface area contributed by atoms with Crippen LogP contribution in [0.25, 0.3) is 0 Å². The van der Waals surface area contributed by atoms with E-state index in [1.807, 2.05) is 0 Å². The Labute approximate surface area is 204 Å². The van der Waals surface area contributed by atoms with E-state index in [1.165, 1.54) is 78.9 Å². The van der Waals surface area contributed by atoms with Crippen LogP contribution in [0.3, 0.4) is 0 Å². The van der Waals surface area contributed by atoms with Gasteiger partial charge in [-0.05, 0) is 18.6 Å². The predicted octanol–water partition coefficient (Wildman–Crippen LogP) is 4.98. The van der Waals surface area contributed by atoms with Gasteiger partial charge in [0.2, 0.25) is 11.7 Å². The molecule has 0 aliphatic rings. The van der Waals surface area contributed by atoms with Gasteiger partial charge >= 0.3 is 0 Å². The maximum Gasteiger partial charge on any atom is 0.259 e. The molecule has 0 aromatic heterocycles. The van der Waals surface area contributed by atoms with Crippen LogP contribution in [0.2, 0.25) is 0 Å². The lowest BCUT2D eigenvalue weighted by Crippen LogP contribution is -2.34. The summed E-state index contributed by atoms with van der Waals surface area (Å²) in [7, 11) is 4.57. The Morgan fingerprint density at radius 3 is 1.94 bits per heavy atom. The lowest BCUT2D eigenvalue weighted by atomic mass is 10.1. The summed E-state index contributed by atoms with van der Waals surface area (Å²) in [5.41, 5.74) is 3.02. The van der Waals surface area contributed by atoms with Crippen LogP contribution in [-0.2, 0) is 9.59 Å². The smallest absolute Gasteiger partial charge is 0.259 e. The number of nitrogens with one attached hydrogen (secondary N) is 2. The molecule has 1 rings (SSSR count). The van der Waals surface area contributed by atoms with Gasteiger partial charge in [-0.25, -0.2) is 5.43 Å². The molecule has 0 fully saturated rings. The standard InChI is InChI=1S/C26H43N3O5/c1-5-6-7-8-9-10-11-12-13-14-15-16-23(30)27-20-24(31)29-28-19-21-17-18-22(32-2)26(34-4)25(21)33-3/h17-19H,5-16,20H2,1-4H3,(H,27,30)(H,29,31)/b28-19-. The van der Waals surface area contributed by atoms with Crippen LogP contribution in [0.5, 0.6) is 17.2 Å². The molecule has 192 valence electrons. The van der Waals surface area contributed by atoms with Gasteiger partial charge in [0.05, 0.1) is 34.1 Å². The fraction of sp³-hybridized carbons (Fsp3) is 0.654. The lowest BCUT2D eigenvalue weighted by Gasteiger charge is -2.13. The summed E-state index contributed by atoms with van der Waals surface area (Å²) in [6.07, 6.45) is 15.5. The zero-order chi connectivity index (χ0) is 25.0. The second-order valence-corrected chi connectivity index (χ2v) is 8.28. The first-order valence-corrected chi connectivity index (χ1v) is 12.4. The zero-order valence-corrected chi connectivity index (χ0v) is 21.4. The minimum absolute atomic E-state index is 0.114. The normalized spacial score (nSPS) is 10.8. The molecule has 8 heteroatoms. The average molecular weight is 478 g/mol.